The highest BCUT2D eigenvalue weighted by molar-refractivity contribution is 7.10. The number of aromatic nitrogens is 2. The minimum Gasteiger partial charge on any atom is -0.383 e. The molecule has 2 amide bonds. The van der Waals surface area contributed by atoms with E-state index in [1.165, 1.54) is 11.3 Å². The first-order valence-electron chi connectivity index (χ1n) is 9.03. The van der Waals surface area contributed by atoms with Crippen molar-refractivity contribution >= 4 is 34.7 Å². The molecule has 7 nitrogen and oxygen atoms in total. The molecule has 9 heteroatoms. The van der Waals surface area contributed by atoms with Crippen LogP contribution < -0.4 is 5.32 Å². The Balaban J connectivity index is 1.92. The SMILES string of the molecule is COCCN(C(=O)c1csnn1)[C@H](C(=O)NC1CCCC1)c1sccc1C. The molecule has 0 bridgehead atoms. The van der Waals surface area contributed by atoms with Crippen LogP contribution in [-0.2, 0) is 9.53 Å². The number of ether oxygens (including phenoxy) is 1. The molecule has 2 aromatic rings. The van der Waals surface area contributed by atoms with Gasteiger partial charge in [0.1, 0.15) is 6.04 Å². The van der Waals surface area contributed by atoms with Gasteiger partial charge >= 0.3 is 0 Å². The number of carbonyl (C=O) groups is 2. The first-order chi connectivity index (χ1) is 13.1. The van der Waals surface area contributed by atoms with Crippen LogP contribution in [0.25, 0.3) is 0 Å². The number of methoxy groups -OCH3 is 1. The Kier molecular flexibility index (Phi) is 6.92. The van der Waals surface area contributed by atoms with Crippen molar-refractivity contribution in [3.05, 3.63) is 33.0 Å². The molecule has 0 unspecified atom stereocenters. The summed E-state index contributed by atoms with van der Waals surface area (Å²) in [5.41, 5.74) is 1.25. The van der Waals surface area contributed by atoms with Gasteiger partial charge in [0.05, 0.1) is 6.61 Å². The average Bonchev–Trinajstić information content (AvgIpc) is 3.41. The molecule has 1 aliphatic carbocycles. The van der Waals surface area contributed by atoms with Gasteiger partial charge in [0.2, 0.25) is 5.91 Å². The van der Waals surface area contributed by atoms with Gasteiger partial charge in [0.15, 0.2) is 5.69 Å². The Hall–Kier alpha value is -1.84. The van der Waals surface area contributed by atoms with Crippen LogP contribution in [0.2, 0.25) is 0 Å². The topological polar surface area (TPSA) is 84.4 Å². The smallest absolute Gasteiger partial charge is 0.276 e. The minimum atomic E-state index is -0.699. The number of hydrogen-bond acceptors (Lipinski definition) is 7. The fourth-order valence-electron chi connectivity index (χ4n) is 3.36. The van der Waals surface area contributed by atoms with Gasteiger partial charge in [-0.25, -0.2) is 0 Å². The number of hydrogen-bond donors (Lipinski definition) is 1. The second kappa shape index (κ2) is 9.38. The molecule has 1 aliphatic rings. The molecule has 3 rings (SSSR count). The monoisotopic (exact) mass is 408 g/mol. The molecule has 2 aromatic heterocycles. The van der Waals surface area contributed by atoms with Crippen molar-refractivity contribution in [2.45, 2.75) is 44.7 Å². The van der Waals surface area contributed by atoms with Crippen molar-refractivity contribution in [2.24, 2.45) is 0 Å². The van der Waals surface area contributed by atoms with Crippen molar-refractivity contribution in [1.82, 2.24) is 19.8 Å². The van der Waals surface area contributed by atoms with Gasteiger partial charge < -0.3 is 15.0 Å². The predicted octanol–water partition coefficient (Wildman–Crippen LogP) is 2.80. The molecule has 0 saturated heterocycles. The zero-order valence-corrected chi connectivity index (χ0v) is 17.1. The van der Waals surface area contributed by atoms with Crippen LogP contribution in [0.4, 0.5) is 0 Å². The minimum absolute atomic E-state index is 0.139. The third-order valence-electron chi connectivity index (χ3n) is 4.79. The maximum Gasteiger partial charge on any atom is 0.276 e. The molecule has 1 saturated carbocycles. The average molecular weight is 409 g/mol. The van der Waals surface area contributed by atoms with E-state index in [1.807, 2.05) is 18.4 Å². The highest BCUT2D eigenvalue weighted by Gasteiger charge is 2.35. The molecule has 1 fully saturated rings. The van der Waals surface area contributed by atoms with Crippen LogP contribution in [0.15, 0.2) is 16.8 Å². The Labute approximate surface area is 166 Å². The van der Waals surface area contributed by atoms with Gasteiger partial charge in [-0.3, -0.25) is 9.59 Å². The molecule has 2 heterocycles. The maximum atomic E-state index is 13.3. The summed E-state index contributed by atoms with van der Waals surface area (Å²) in [7, 11) is 1.58. The van der Waals surface area contributed by atoms with Crippen LogP contribution >= 0.6 is 22.9 Å². The number of rotatable bonds is 8. The first kappa shape index (κ1) is 19.9. The number of nitrogens with one attached hydrogen (secondary N) is 1. The van der Waals surface area contributed by atoms with E-state index in [0.29, 0.717) is 13.2 Å². The van der Waals surface area contributed by atoms with Gasteiger partial charge in [-0.15, -0.1) is 16.4 Å². The van der Waals surface area contributed by atoms with Gasteiger partial charge in [-0.05, 0) is 48.3 Å². The molecule has 1 N–H and O–H groups in total. The standard InChI is InChI=1S/C18H24N4O3S2/c1-12-7-10-26-16(12)15(17(23)19-13-5-3-4-6-13)22(8-9-25-2)18(24)14-11-27-21-20-14/h7,10-11,13,15H,3-6,8-9H2,1-2H3,(H,19,23)/t15-/m0/s1. The van der Waals surface area contributed by atoms with Crippen LogP contribution in [0.5, 0.6) is 0 Å². The summed E-state index contributed by atoms with van der Waals surface area (Å²) in [5.74, 6) is -0.444. The number of aryl methyl sites for hydroxylation is 1. The van der Waals surface area contributed by atoms with Gasteiger partial charge in [0.25, 0.3) is 5.91 Å². The van der Waals surface area contributed by atoms with Gasteiger partial charge in [0, 0.05) is 30.0 Å². The van der Waals surface area contributed by atoms with E-state index in [4.69, 9.17) is 4.74 Å². The number of amides is 2. The Morgan fingerprint density at radius 2 is 2.19 bits per heavy atom. The van der Waals surface area contributed by atoms with Crippen molar-refractivity contribution in [2.75, 3.05) is 20.3 Å². The normalized spacial score (nSPS) is 15.6. The summed E-state index contributed by atoms with van der Waals surface area (Å²) in [6, 6.07) is 1.45. The summed E-state index contributed by atoms with van der Waals surface area (Å²) in [6.07, 6.45) is 4.24. The molecule has 146 valence electrons. The van der Waals surface area contributed by atoms with E-state index in [-0.39, 0.29) is 23.6 Å². The lowest BCUT2D eigenvalue weighted by molar-refractivity contribution is -0.126. The predicted molar refractivity (Wildman–Crippen MR) is 105 cm³/mol. The highest BCUT2D eigenvalue weighted by Crippen LogP contribution is 2.31. The van der Waals surface area contributed by atoms with E-state index in [9.17, 15) is 9.59 Å². The lowest BCUT2D eigenvalue weighted by atomic mass is 10.1. The van der Waals surface area contributed by atoms with Crippen molar-refractivity contribution in [3.8, 4) is 0 Å². The number of nitrogens with zero attached hydrogens (tertiary/aromatic N) is 3. The summed E-state index contributed by atoms with van der Waals surface area (Å²) < 4.78 is 8.98. The van der Waals surface area contributed by atoms with Crippen LogP contribution in [0.3, 0.4) is 0 Å². The lowest BCUT2D eigenvalue weighted by Crippen LogP contribution is -2.47. The lowest BCUT2D eigenvalue weighted by Gasteiger charge is -2.31. The van der Waals surface area contributed by atoms with Gasteiger partial charge in [-0.2, -0.15) is 0 Å². The molecular formula is C18H24N4O3S2. The zero-order chi connectivity index (χ0) is 19.2. The molecule has 0 radical (unpaired) electrons. The third kappa shape index (κ3) is 4.72. The molecule has 0 aliphatic heterocycles. The fraction of sp³-hybridized carbons (Fsp3) is 0.556. The number of carbonyl (C=O) groups excluding carboxylic acids is 2. The molecule has 0 spiro atoms. The van der Waals surface area contributed by atoms with Crippen molar-refractivity contribution < 1.29 is 14.3 Å². The molecular weight excluding hydrogens is 384 g/mol. The molecule has 0 aromatic carbocycles. The Morgan fingerprint density at radius 1 is 1.41 bits per heavy atom. The van der Waals surface area contributed by atoms with E-state index < -0.39 is 6.04 Å². The second-order valence-corrected chi connectivity index (χ2v) is 8.20. The Morgan fingerprint density at radius 3 is 2.78 bits per heavy atom. The zero-order valence-electron chi connectivity index (χ0n) is 15.5. The largest absolute Gasteiger partial charge is 0.383 e. The maximum absolute atomic E-state index is 13.3. The molecule has 27 heavy (non-hydrogen) atoms. The van der Waals surface area contributed by atoms with Crippen molar-refractivity contribution in [3.63, 3.8) is 0 Å². The van der Waals surface area contributed by atoms with Crippen LogP contribution in [-0.4, -0.2) is 52.6 Å². The van der Waals surface area contributed by atoms with Crippen LogP contribution in [0, 0.1) is 6.92 Å². The van der Waals surface area contributed by atoms with E-state index in [1.54, 1.807) is 17.4 Å². The summed E-state index contributed by atoms with van der Waals surface area (Å²) in [4.78, 5) is 28.8. The van der Waals surface area contributed by atoms with E-state index >= 15 is 0 Å². The Bertz CT molecular complexity index is 757. The quantitative estimate of drug-likeness (QED) is 0.726. The first-order valence-corrected chi connectivity index (χ1v) is 10.7. The summed E-state index contributed by atoms with van der Waals surface area (Å²) in [5, 5.41) is 10.6. The third-order valence-corrected chi connectivity index (χ3v) is 6.36. The summed E-state index contributed by atoms with van der Waals surface area (Å²) >= 11 is 2.61. The van der Waals surface area contributed by atoms with E-state index in [0.717, 1.165) is 47.7 Å². The fourth-order valence-corrected chi connectivity index (χ4v) is 4.83. The second-order valence-electron chi connectivity index (χ2n) is 6.64. The summed E-state index contributed by atoms with van der Waals surface area (Å²) in [6.45, 7) is 2.60. The van der Waals surface area contributed by atoms with Gasteiger partial charge in [-0.1, -0.05) is 17.3 Å². The van der Waals surface area contributed by atoms with Crippen molar-refractivity contribution in [1.29, 1.82) is 0 Å². The number of thiophene rings is 1. The van der Waals surface area contributed by atoms with E-state index in [2.05, 4.69) is 14.9 Å². The highest BCUT2D eigenvalue weighted by atomic mass is 32.1. The molecule has 1 atom stereocenters. The van der Waals surface area contributed by atoms with Crippen LogP contribution in [0.1, 0.15) is 52.7 Å².